The van der Waals surface area contributed by atoms with Crippen molar-refractivity contribution in [1.29, 1.82) is 0 Å². The summed E-state index contributed by atoms with van der Waals surface area (Å²) < 4.78 is 7.63. The van der Waals surface area contributed by atoms with E-state index in [0.29, 0.717) is 25.2 Å². The summed E-state index contributed by atoms with van der Waals surface area (Å²) in [6, 6.07) is 14.9. The van der Waals surface area contributed by atoms with Gasteiger partial charge in [-0.3, -0.25) is 14.5 Å². The first-order valence-corrected chi connectivity index (χ1v) is 13.0. The number of aromatic nitrogens is 1. The van der Waals surface area contributed by atoms with E-state index in [9.17, 15) is 19.2 Å². The first-order chi connectivity index (χ1) is 18.6. The van der Waals surface area contributed by atoms with Crippen LogP contribution in [-0.4, -0.2) is 63.4 Å². The van der Waals surface area contributed by atoms with Crippen molar-refractivity contribution < 1.29 is 23.9 Å². The largest absolute Gasteiger partial charge is 0.456 e. The quantitative estimate of drug-likeness (QED) is 0.371. The van der Waals surface area contributed by atoms with Crippen LogP contribution in [0.4, 0.5) is 4.79 Å². The molecule has 2 aliphatic heterocycles. The number of fused-ring (bicyclic) bond motifs is 6. The summed E-state index contributed by atoms with van der Waals surface area (Å²) in [4.78, 5) is 53.7. The molecule has 1 aromatic heterocycles. The lowest BCUT2D eigenvalue weighted by Crippen LogP contribution is -2.58. The molecular formula is C30H32N4O5. The van der Waals surface area contributed by atoms with Crippen molar-refractivity contribution in [1.82, 2.24) is 19.7 Å². The van der Waals surface area contributed by atoms with E-state index < -0.39 is 11.5 Å². The minimum Gasteiger partial charge on any atom is -0.456 e. The number of carbonyl (C=O) groups is 4. The number of imide groups is 1. The van der Waals surface area contributed by atoms with Crippen molar-refractivity contribution in [3.8, 4) is 0 Å². The van der Waals surface area contributed by atoms with Gasteiger partial charge in [0.05, 0.1) is 18.0 Å². The molecule has 0 spiro atoms. The van der Waals surface area contributed by atoms with Gasteiger partial charge in [-0.15, -0.1) is 0 Å². The Labute approximate surface area is 227 Å². The Morgan fingerprint density at radius 1 is 1.10 bits per heavy atom. The molecule has 3 aromatic rings. The fourth-order valence-electron chi connectivity index (χ4n) is 5.32. The second-order valence-electron chi connectivity index (χ2n) is 10.9. The topological polar surface area (TPSA) is 101 Å². The van der Waals surface area contributed by atoms with Crippen molar-refractivity contribution in [3.63, 3.8) is 0 Å². The lowest BCUT2D eigenvalue weighted by molar-refractivity contribution is -0.133. The number of para-hydroxylation sites is 1. The molecule has 2 aliphatic rings. The summed E-state index contributed by atoms with van der Waals surface area (Å²) in [7, 11) is 0. The average Bonchev–Trinajstić information content (AvgIpc) is 3.21. The molecular weight excluding hydrogens is 496 g/mol. The number of ether oxygens (including phenoxy) is 1. The molecule has 2 bridgehead atoms. The molecule has 0 saturated carbocycles. The molecule has 0 radical (unpaired) electrons. The summed E-state index contributed by atoms with van der Waals surface area (Å²) in [5, 5.41) is 3.62. The zero-order chi connectivity index (χ0) is 27.9. The molecule has 0 unspecified atom stereocenters. The van der Waals surface area contributed by atoms with Crippen LogP contribution in [0.15, 0.2) is 61.2 Å². The van der Waals surface area contributed by atoms with Crippen LogP contribution in [0.5, 0.6) is 0 Å². The molecule has 39 heavy (non-hydrogen) atoms. The van der Waals surface area contributed by atoms with E-state index in [0.717, 1.165) is 33.8 Å². The van der Waals surface area contributed by atoms with Gasteiger partial charge in [-0.1, -0.05) is 36.9 Å². The molecule has 9 nitrogen and oxygen atoms in total. The molecule has 4 amide bonds. The van der Waals surface area contributed by atoms with Gasteiger partial charge in [-0.2, -0.15) is 0 Å². The van der Waals surface area contributed by atoms with Crippen LogP contribution in [0, 0.1) is 0 Å². The Morgan fingerprint density at radius 3 is 2.51 bits per heavy atom. The van der Waals surface area contributed by atoms with Crippen LogP contribution in [0.3, 0.4) is 0 Å². The normalized spacial score (nSPS) is 16.7. The van der Waals surface area contributed by atoms with Crippen molar-refractivity contribution in [2.75, 3.05) is 19.6 Å². The molecule has 5 rings (SSSR count). The lowest BCUT2D eigenvalue weighted by Gasteiger charge is -2.42. The van der Waals surface area contributed by atoms with E-state index in [1.165, 1.54) is 4.90 Å². The number of esters is 1. The third-order valence-corrected chi connectivity index (χ3v) is 7.03. The zero-order valence-electron chi connectivity index (χ0n) is 22.4. The van der Waals surface area contributed by atoms with Gasteiger partial charge in [-0.25, -0.2) is 9.59 Å². The molecule has 1 fully saturated rings. The number of benzene rings is 2. The summed E-state index contributed by atoms with van der Waals surface area (Å²) in [6.45, 7) is 10.4. The maximum absolute atomic E-state index is 13.6. The van der Waals surface area contributed by atoms with Gasteiger partial charge in [-0.05, 0) is 56.2 Å². The van der Waals surface area contributed by atoms with E-state index in [1.54, 1.807) is 17.0 Å². The zero-order valence-corrected chi connectivity index (χ0v) is 22.4. The number of nitrogens with zero attached hydrogens (tertiary/aromatic N) is 3. The highest BCUT2D eigenvalue weighted by molar-refractivity contribution is 6.04. The van der Waals surface area contributed by atoms with E-state index >= 15 is 0 Å². The third kappa shape index (κ3) is 5.04. The average molecular weight is 529 g/mol. The number of rotatable bonds is 7. The SMILES string of the molecule is C=CC(=O)NCCN1C(=O)[C@H]2CN(Cc3c2c2ccccc2n3Cc2ccc(C(=O)OC(C)(C)C)cc2)C1=O. The number of nitrogens with one attached hydrogen (secondary N) is 1. The first kappa shape index (κ1) is 26.2. The maximum atomic E-state index is 13.6. The van der Waals surface area contributed by atoms with Crippen LogP contribution < -0.4 is 5.32 Å². The van der Waals surface area contributed by atoms with Crippen LogP contribution in [0.1, 0.15) is 53.9 Å². The Balaban J connectivity index is 1.45. The van der Waals surface area contributed by atoms with E-state index in [4.69, 9.17) is 4.74 Å². The molecule has 1 N–H and O–H groups in total. The summed E-state index contributed by atoms with van der Waals surface area (Å²) >= 11 is 0. The standard InChI is InChI=1S/C30H32N4O5/c1-5-25(35)31-14-15-33-27(36)22-17-32(29(33)38)18-24-26(22)21-8-6-7-9-23(21)34(24)16-19-10-12-20(13-11-19)28(37)39-30(2,3)4/h5-13,22H,1,14-18H2,2-4H3,(H,31,35)/t22-/m0/s1. The monoisotopic (exact) mass is 528 g/mol. The Hall–Kier alpha value is -4.40. The molecule has 1 saturated heterocycles. The number of hydrogen-bond donors (Lipinski definition) is 1. The number of amides is 4. The molecule has 9 heteroatoms. The number of carbonyl (C=O) groups excluding carboxylic acids is 4. The number of hydrogen-bond acceptors (Lipinski definition) is 5. The van der Waals surface area contributed by atoms with Crippen molar-refractivity contribution in [2.24, 2.45) is 0 Å². The van der Waals surface area contributed by atoms with E-state index in [2.05, 4.69) is 16.5 Å². The van der Waals surface area contributed by atoms with Gasteiger partial charge in [0.15, 0.2) is 0 Å². The van der Waals surface area contributed by atoms with Gasteiger partial charge in [0, 0.05) is 42.8 Å². The summed E-state index contributed by atoms with van der Waals surface area (Å²) in [5.41, 5.74) is 3.76. The second-order valence-corrected chi connectivity index (χ2v) is 10.9. The fraction of sp³-hybridized carbons (Fsp3) is 0.333. The van der Waals surface area contributed by atoms with Crippen molar-refractivity contribution in [3.05, 3.63) is 83.6 Å². The fourth-order valence-corrected chi connectivity index (χ4v) is 5.32. The van der Waals surface area contributed by atoms with Crippen molar-refractivity contribution >= 4 is 34.7 Å². The Kier molecular flexibility index (Phi) is 6.76. The highest BCUT2D eigenvalue weighted by Gasteiger charge is 2.45. The smallest absolute Gasteiger partial charge is 0.338 e. The molecule has 202 valence electrons. The van der Waals surface area contributed by atoms with Gasteiger partial charge in [0.2, 0.25) is 11.8 Å². The molecule has 2 aromatic carbocycles. The third-order valence-electron chi connectivity index (χ3n) is 7.03. The second kappa shape index (κ2) is 10.1. The Bertz CT molecular complexity index is 1480. The van der Waals surface area contributed by atoms with Gasteiger partial charge >= 0.3 is 12.0 Å². The van der Waals surface area contributed by atoms with Crippen LogP contribution in [-0.2, 0) is 27.4 Å². The molecule has 0 aliphatic carbocycles. The Morgan fingerprint density at radius 2 is 1.82 bits per heavy atom. The molecule has 3 heterocycles. The van der Waals surface area contributed by atoms with Crippen molar-refractivity contribution in [2.45, 2.75) is 45.4 Å². The van der Waals surface area contributed by atoms with E-state index in [-0.39, 0.29) is 36.9 Å². The van der Waals surface area contributed by atoms with Gasteiger partial charge in [0.25, 0.3) is 0 Å². The predicted molar refractivity (Wildman–Crippen MR) is 146 cm³/mol. The van der Waals surface area contributed by atoms with Gasteiger partial charge in [0.1, 0.15) is 5.60 Å². The minimum absolute atomic E-state index is 0.0994. The van der Waals surface area contributed by atoms with Crippen LogP contribution >= 0.6 is 0 Å². The van der Waals surface area contributed by atoms with Crippen LogP contribution in [0.2, 0.25) is 0 Å². The van der Waals surface area contributed by atoms with Crippen LogP contribution in [0.25, 0.3) is 10.9 Å². The number of urea groups is 1. The summed E-state index contributed by atoms with van der Waals surface area (Å²) in [5.74, 6) is -1.46. The minimum atomic E-state index is -0.573. The molecule has 1 atom stereocenters. The van der Waals surface area contributed by atoms with E-state index in [1.807, 2.05) is 57.2 Å². The lowest BCUT2D eigenvalue weighted by atomic mass is 9.89. The predicted octanol–water partition coefficient (Wildman–Crippen LogP) is 3.81. The maximum Gasteiger partial charge on any atom is 0.338 e. The highest BCUT2D eigenvalue weighted by atomic mass is 16.6. The van der Waals surface area contributed by atoms with Gasteiger partial charge < -0.3 is 19.5 Å². The highest BCUT2D eigenvalue weighted by Crippen LogP contribution is 2.41. The first-order valence-electron chi connectivity index (χ1n) is 13.0. The summed E-state index contributed by atoms with van der Waals surface area (Å²) in [6.07, 6.45) is 1.16.